The summed E-state index contributed by atoms with van der Waals surface area (Å²) in [7, 11) is 0. The molecule has 1 saturated carbocycles. The molecule has 1 aliphatic carbocycles. The molecule has 2 fully saturated rings. The second-order valence-electron chi connectivity index (χ2n) is 4.12. The third-order valence-corrected chi connectivity index (χ3v) is 2.87. The highest BCUT2D eigenvalue weighted by Gasteiger charge is 2.41. The van der Waals surface area contributed by atoms with Crippen molar-refractivity contribution in [3.8, 4) is 0 Å². The second-order valence-corrected chi connectivity index (χ2v) is 4.12. The van der Waals surface area contributed by atoms with Gasteiger partial charge in [0, 0.05) is 18.9 Å². The van der Waals surface area contributed by atoms with Crippen molar-refractivity contribution in [2.75, 3.05) is 13.1 Å². The Morgan fingerprint density at radius 1 is 1.47 bits per heavy atom. The molecule has 0 amide bonds. The molecule has 1 aliphatic heterocycles. The molecule has 3 rings (SSSR count). The van der Waals surface area contributed by atoms with Gasteiger partial charge >= 0.3 is 0 Å². The Hall–Kier alpha value is -0.680. The third kappa shape index (κ3) is 1.86. The molecule has 0 bridgehead atoms. The number of nitrogens with one attached hydrogen (secondary N) is 1. The number of halogens is 2. The highest BCUT2D eigenvalue weighted by molar-refractivity contribution is 5.85. The zero-order valence-corrected chi connectivity index (χ0v) is 9.02. The van der Waals surface area contributed by atoms with E-state index in [1.54, 1.807) is 0 Å². The fourth-order valence-electron chi connectivity index (χ4n) is 1.77. The fourth-order valence-corrected chi connectivity index (χ4v) is 1.77. The predicted octanol–water partition coefficient (Wildman–Crippen LogP) is 1.53. The van der Waals surface area contributed by atoms with Crippen molar-refractivity contribution in [1.82, 2.24) is 15.5 Å². The van der Waals surface area contributed by atoms with Crippen molar-refractivity contribution in [2.45, 2.75) is 30.8 Å². The average molecular weight is 234 g/mol. The molecule has 1 aromatic heterocycles. The molecule has 1 saturated heterocycles. The Morgan fingerprint density at radius 3 is 2.87 bits per heavy atom. The first kappa shape index (κ1) is 10.8. The minimum Gasteiger partial charge on any atom is -0.339 e. The Balaban J connectivity index is 0.000000853. The van der Waals surface area contributed by atoms with Gasteiger partial charge in [0.2, 0.25) is 11.7 Å². The van der Waals surface area contributed by atoms with Crippen molar-refractivity contribution >= 4 is 12.4 Å². The van der Waals surface area contributed by atoms with E-state index in [1.165, 1.54) is 0 Å². The van der Waals surface area contributed by atoms with E-state index >= 15 is 0 Å². The van der Waals surface area contributed by atoms with Gasteiger partial charge in [-0.15, -0.1) is 12.4 Å². The predicted molar refractivity (Wildman–Crippen MR) is 53.8 cm³/mol. The maximum absolute atomic E-state index is 14.1. The van der Waals surface area contributed by atoms with E-state index in [0.717, 1.165) is 12.8 Å². The number of alkyl halides is 1. The Labute approximate surface area is 93.0 Å². The normalized spacial score (nSPS) is 30.2. The Morgan fingerprint density at radius 2 is 2.27 bits per heavy atom. The quantitative estimate of drug-likeness (QED) is 0.842. The minimum absolute atomic E-state index is 0. The zero-order valence-electron chi connectivity index (χ0n) is 8.20. The van der Waals surface area contributed by atoms with E-state index in [0.29, 0.717) is 31.3 Å². The monoisotopic (exact) mass is 233 g/mol. The van der Waals surface area contributed by atoms with Crippen LogP contribution < -0.4 is 5.32 Å². The largest absolute Gasteiger partial charge is 0.339 e. The molecule has 2 heterocycles. The van der Waals surface area contributed by atoms with Crippen molar-refractivity contribution in [3.63, 3.8) is 0 Å². The maximum atomic E-state index is 14.1. The Bertz CT molecular complexity index is 347. The van der Waals surface area contributed by atoms with E-state index in [4.69, 9.17) is 4.52 Å². The molecule has 4 nitrogen and oxygen atoms in total. The summed E-state index contributed by atoms with van der Waals surface area (Å²) in [4.78, 5) is 4.13. The van der Waals surface area contributed by atoms with Gasteiger partial charge < -0.3 is 9.84 Å². The molecular formula is C9H13ClFN3O. The first-order valence-electron chi connectivity index (χ1n) is 5.02. The first-order valence-corrected chi connectivity index (χ1v) is 5.02. The van der Waals surface area contributed by atoms with Crippen LogP contribution in [0.2, 0.25) is 0 Å². The third-order valence-electron chi connectivity index (χ3n) is 2.87. The molecule has 2 aliphatic rings. The van der Waals surface area contributed by atoms with Gasteiger partial charge in [0.25, 0.3) is 0 Å². The lowest BCUT2D eigenvalue weighted by Gasteiger charge is -2.11. The van der Waals surface area contributed by atoms with Gasteiger partial charge in [0.1, 0.15) is 0 Å². The summed E-state index contributed by atoms with van der Waals surface area (Å²) < 4.78 is 19.1. The van der Waals surface area contributed by atoms with Gasteiger partial charge in [-0.1, -0.05) is 5.16 Å². The summed E-state index contributed by atoms with van der Waals surface area (Å²) in [6.45, 7) is 0.987. The molecule has 0 radical (unpaired) electrons. The molecule has 1 unspecified atom stereocenters. The molecule has 15 heavy (non-hydrogen) atoms. The molecule has 0 aromatic carbocycles. The molecule has 1 N–H and O–H groups in total. The smallest absolute Gasteiger partial charge is 0.229 e. The van der Waals surface area contributed by atoms with Crippen LogP contribution in [0, 0.1) is 0 Å². The minimum atomic E-state index is -1.41. The van der Waals surface area contributed by atoms with E-state index in [-0.39, 0.29) is 18.2 Å². The van der Waals surface area contributed by atoms with Gasteiger partial charge in [0.15, 0.2) is 5.67 Å². The van der Waals surface area contributed by atoms with Crippen molar-refractivity contribution in [3.05, 3.63) is 11.7 Å². The fraction of sp³-hybridized carbons (Fsp3) is 0.778. The van der Waals surface area contributed by atoms with Crippen LogP contribution in [0.3, 0.4) is 0 Å². The van der Waals surface area contributed by atoms with Gasteiger partial charge in [-0.05, 0) is 19.4 Å². The van der Waals surface area contributed by atoms with Crippen LogP contribution in [0.1, 0.15) is 36.9 Å². The number of hydrogen-bond acceptors (Lipinski definition) is 4. The number of nitrogens with zero attached hydrogens (tertiary/aromatic N) is 2. The van der Waals surface area contributed by atoms with Crippen LogP contribution in [0.15, 0.2) is 4.52 Å². The van der Waals surface area contributed by atoms with E-state index in [9.17, 15) is 4.39 Å². The summed E-state index contributed by atoms with van der Waals surface area (Å²) >= 11 is 0. The number of hydrogen-bond donors (Lipinski definition) is 1. The van der Waals surface area contributed by atoms with Gasteiger partial charge in [0.05, 0.1) is 0 Å². The lowest BCUT2D eigenvalue weighted by Crippen LogP contribution is -2.24. The summed E-state index contributed by atoms with van der Waals surface area (Å²) in [5.74, 6) is 1.24. The summed E-state index contributed by atoms with van der Waals surface area (Å²) in [6.07, 6.45) is 2.63. The zero-order chi connectivity index (χ0) is 9.60. The van der Waals surface area contributed by atoms with Crippen molar-refractivity contribution < 1.29 is 8.91 Å². The standard InChI is InChI=1S/C9H12FN3O.ClH/c10-9(3-4-11-5-9)8-12-7(14-13-8)6-1-2-6;/h6,11H,1-5H2;1H. The highest BCUT2D eigenvalue weighted by Crippen LogP contribution is 2.40. The number of aromatic nitrogens is 2. The maximum Gasteiger partial charge on any atom is 0.229 e. The molecule has 84 valence electrons. The summed E-state index contributed by atoms with van der Waals surface area (Å²) in [5.41, 5.74) is -1.41. The van der Waals surface area contributed by atoms with Crippen LogP contribution in [0.25, 0.3) is 0 Å². The van der Waals surface area contributed by atoms with Crippen molar-refractivity contribution in [2.24, 2.45) is 0 Å². The van der Waals surface area contributed by atoms with Crippen LogP contribution in [0.5, 0.6) is 0 Å². The van der Waals surface area contributed by atoms with Gasteiger partial charge in [-0.25, -0.2) is 4.39 Å². The highest BCUT2D eigenvalue weighted by atomic mass is 35.5. The van der Waals surface area contributed by atoms with Gasteiger partial charge in [-0.2, -0.15) is 4.98 Å². The topological polar surface area (TPSA) is 51.0 Å². The van der Waals surface area contributed by atoms with Crippen LogP contribution >= 0.6 is 12.4 Å². The summed E-state index contributed by atoms with van der Waals surface area (Å²) in [6, 6.07) is 0. The second kappa shape index (κ2) is 3.72. The molecule has 1 atom stereocenters. The van der Waals surface area contributed by atoms with E-state index < -0.39 is 5.67 Å². The van der Waals surface area contributed by atoms with Crippen LogP contribution in [0.4, 0.5) is 4.39 Å². The molecule has 1 aromatic rings. The molecule has 0 spiro atoms. The van der Waals surface area contributed by atoms with E-state index in [2.05, 4.69) is 15.5 Å². The lowest BCUT2D eigenvalue weighted by molar-refractivity contribution is 0.173. The molecule has 6 heteroatoms. The first-order chi connectivity index (χ1) is 6.78. The van der Waals surface area contributed by atoms with E-state index in [1.807, 2.05) is 0 Å². The van der Waals surface area contributed by atoms with Crippen LogP contribution in [-0.2, 0) is 5.67 Å². The number of rotatable bonds is 2. The molecular weight excluding hydrogens is 221 g/mol. The van der Waals surface area contributed by atoms with Gasteiger partial charge in [-0.3, -0.25) is 0 Å². The van der Waals surface area contributed by atoms with Crippen molar-refractivity contribution in [1.29, 1.82) is 0 Å². The Kier molecular flexibility index (Phi) is 2.68. The SMILES string of the molecule is Cl.FC1(c2noc(C3CC3)n2)CCNC1. The summed E-state index contributed by atoms with van der Waals surface area (Å²) in [5, 5.41) is 6.70. The average Bonchev–Trinajstić information content (AvgIpc) is 2.75. The lowest BCUT2D eigenvalue weighted by atomic mass is 10.1. The van der Waals surface area contributed by atoms with Crippen LogP contribution in [-0.4, -0.2) is 23.2 Å².